The Kier molecular flexibility index (Phi) is 4.36. The molecule has 0 radical (unpaired) electrons. The Morgan fingerprint density at radius 2 is 2.14 bits per heavy atom. The molecule has 2 aliphatic rings. The second-order valence-corrected chi connectivity index (χ2v) is 6.39. The Balaban J connectivity index is 1.74. The highest BCUT2D eigenvalue weighted by Crippen LogP contribution is 2.37. The molecule has 0 unspecified atom stereocenters. The van der Waals surface area contributed by atoms with Gasteiger partial charge in [0.15, 0.2) is 11.5 Å². The normalized spacial score (nSPS) is 26.2. The van der Waals surface area contributed by atoms with Crippen molar-refractivity contribution in [1.29, 1.82) is 0 Å². The van der Waals surface area contributed by atoms with Crippen LogP contribution in [-0.2, 0) is 6.54 Å². The third kappa shape index (κ3) is 3.01. The van der Waals surface area contributed by atoms with Crippen LogP contribution >= 0.6 is 0 Å². The molecule has 3 rings (SSSR count). The number of piperidine rings is 1. The SMILES string of the molecule is COc1cccc(CN2CCC[C@]3(CCNC3)C2)c1OC. The molecule has 2 fully saturated rings. The monoisotopic (exact) mass is 290 g/mol. The molecule has 2 saturated heterocycles. The molecule has 4 nitrogen and oxygen atoms in total. The fraction of sp³-hybridized carbons (Fsp3) is 0.647. The van der Waals surface area contributed by atoms with Crippen LogP contribution in [0, 0.1) is 5.41 Å². The van der Waals surface area contributed by atoms with Crippen molar-refractivity contribution in [2.45, 2.75) is 25.8 Å². The number of hydrogen-bond acceptors (Lipinski definition) is 4. The lowest BCUT2D eigenvalue weighted by Crippen LogP contribution is -2.44. The number of likely N-dealkylation sites (tertiary alicyclic amines) is 1. The fourth-order valence-electron chi connectivity index (χ4n) is 3.91. The van der Waals surface area contributed by atoms with Gasteiger partial charge in [0.2, 0.25) is 0 Å². The van der Waals surface area contributed by atoms with Gasteiger partial charge in [0, 0.05) is 25.2 Å². The smallest absolute Gasteiger partial charge is 0.165 e. The van der Waals surface area contributed by atoms with Crippen molar-refractivity contribution in [1.82, 2.24) is 10.2 Å². The molecule has 0 bridgehead atoms. The lowest BCUT2D eigenvalue weighted by atomic mass is 9.79. The highest BCUT2D eigenvalue weighted by molar-refractivity contribution is 5.46. The molecule has 1 N–H and O–H groups in total. The summed E-state index contributed by atoms with van der Waals surface area (Å²) in [5, 5.41) is 3.54. The quantitative estimate of drug-likeness (QED) is 0.922. The Hall–Kier alpha value is -1.26. The van der Waals surface area contributed by atoms with Gasteiger partial charge in [0.1, 0.15) is 0 Å². The van der Waals surface area contributed by atoms with Gasteiger partial charge in [-0.1, -0.05) is 12.1 Å². The summed E-state index contributed by atoms with van der Waals surface area (Å²) in [6.07, 6.45) is 3.98. The van der Waals surface area contributed by atoms with E-state index in [0.29, 0.717) is 5.41 Å². The molecule has 1 spiro atoms. The van der Waals surface area contributed by atoms with Gasteiger partial charge >= 0.3 is 0 Å². The number of hydrogen-bond donors (Lipinski definition) is 1. The highest BCUT2D eigenvalue weighted by Gasteiger charge is 2.37. The van der Waals surface area contributed by atoms with Crippen molar-refractivity contribution in [2.75, 3.05) is 40.4 Å². The third-order valence-electron chi connectivity index (χ3n) is 4.95. The first kappa shape index (κ1) is 14.7. The van der Waals surface area contributed by atoms with Crippen molar-refractivity contribution in [3.63, 3.8) is 0 Å². The van der Waals surface area contributed by atoms with E-state index in [-0.39, 0.29) is 0 Å². The van der Waals surface area contributed by atoms with Crippen LogP contribution in [0.3, 0.4) is 0 Å². The minimum absolute atomic E-state index is 0.504. The van der Waals surface area contributed by atoms with Gasteiger partial charge in [-0.25, -0.2) is 0 Å². The number of ether oxygens (including phenoxy) is 2. The van der Waals surface area contributed by atoms with E-state index in [1.54, 1.807) is 14.2 Å². The van der Waals surface area contributed by atoms with E-state index < -0.39 is 0 Å². The van der Waals surface area contributed by atoms with E-state index >= 15 is 0 Å². The van der Waals surface area contributed by atoms with Gasteiger partial charge in [0.05, 0.1) is 14.2 Å². The predicted octanol–water partition coefficient (Wildman–Crippen LogP) is 2.28. The molecule has 1 aromatic carbocycles. The molecule has 2 heterocycles. The number of para-hydroxylation sites is 1. The molecule has 0 amide bonds. The summed E-state index contributed by atoms with van der Waals surface area (Å²) in [6, 6.07) is 6.16. The first-order valence-corrected chi connectivity index (χ1v) is 7.89. The van der Waals surface area contributed by atoms with Gasteiger partial charge in [0.25, 0.3) is 0 Å². The molecule has 116 valence electrons. The average molecular weight is 290 g/mol. The molecule has 0 aliphatic carbocycles. The average Bonchev–Trinajstić information content (AvgIpc) is 2.94. The van der Waals surface area contributed by atoms with Crippen LogP contribution in [0.4, 0.5) is 0 Å². The lowest BCUT2D eigenvalue weighted by Gasteiger charge is -2.40. The van der Waals surface area contributed by atoms with Gasteiger partial charge in [-0.2, -0.15) is 0 Å². The van der Waals surface area contributed by atoms with Gasteiger partial charge in [-0.15, -0.1) is 0 Å². The van der Waals surface area contributed by atoms with Crippen LogP contribution in [-0.4, -0.2) is 45.3 Å². The summed E-state index contributed by atoms with van der Waals surface area (Å²) in [5.41, 5.74) is 1.73. The zero-order valence-corrected chi connectivity index (χ0v) is 13.2. The van der Waals surface area contributed by atoms with E-state index in [0.717, 1.165) is 18.0 Å². The second-order valence-electron chi connectivity index (χ2n) is 6.39. The Morgan fingerprint density at radius 1 is 1.24 bits per heavy atom. The van der Waals surface area contributed by atoms with Gasteiger partial charge in [-0.05, 0) is 43.8 Å². The predicted molar refractivity (Wildman–Crippen MR) is 84.0 cm³/mol. The van der Waals surface area contributed by atoms with Gasteiger partial charge < -0.3 is 14.8 Å². The number of nitrogens with zero attached hydrogens (tertiary/aromatic N) is 1. The van der Waals surface area contributed by atoms with E-state index in [4.69, 9.17) is 9.47 Å². The van der Waals surface area contributed by atoms with E-state index in [2.05, 4.69) is 16.3 Å². The fourth-order valence-corrected chi connectivity index (χ4v) is 3.91. The largest absolute Gasteiger partial charge is 0.493 e. The minimum atomic E-state index is 0.504. The zero-order chi connectivity index (χ0) is 14.7. The molecule has 1 aromatic rings. The third-order valence-corrected chi connectivity index (χ3v) is 4.95. The summed E-state index contributed by atoms with van der Waals surface area (Å²) in [5.74, 6) is 1.70. The summed E-state index contributed by atoms with van der Waals surface area (Å²) in [4.78, 5) is 2.58. The van der Waals surface area contributed by atoms with Crippen LogP contribution in [0.1, 0.15) is 24.8 Å². The summed E-state index contributed by atoms with van der Waals surface area (Å²) >= 11 is 0. The molecule has 2 aliphatic heterocycles. The van der Waals surface area contributed by atoms with Crippen molar-refractivity contribution < 1.29 is 9.47 Å². The van der Waals surface area contributed by atoms with E-state index in [1.807, 2.05) is 12.1 Å². The van der Waals surface area contributed by atoms with Crippen LogP contribution in [0.15, 0.2) is 18.2 Å². The number of nitrogens with one attached hydrogen (secondary N) is 1. The number of benzene rings is 1. The first-order chi connectivity index (χ1) is 10.3. The van der Waals surface area contributed by atoms with Crippen LogP contribution < -0.4 is 14.8 Å². The molecule has 0 aromatic heterocycles. The Bertz CT molecular complexity index is 484. The van der Waals surface area contributed by atoms with Crippen LogP contribution in [0.25, 0.3) is 0 Å². The highest BCUT2D eigenvalue weighted by atomic mass is 16.5. The maximum absolute atomic E-state index is 5.56. The molecular weight excluding hydrogens is 264 g/mol. The van der Waals surface area contributed by atoms with E-state index in [1.165, 1.54) is 51.0 Å². The maximum atomic E-state index is 5.56. The van der Waals surface area contributed by atoms with Crippen LogP contribution in [0.5, 0.6) is 11.5 Å². The topological polar surface area (TPSA) is 33.7 Å². The minimum Gasteiger partial charge on any atom is -0.493 e. The summed E-state index contributed by atoms with van der Waals surface area (Å²) < 4.78 is 11.0. The maximum Gasteiger partial charge on any atom is 0.165 e. The second kappa shape index (κ2) is 6.24. The summed E-state index contributed by atoms with van der Waals surface area (Å²) in [7, 11) is 3.42. The Labute approximate surface area is 127 Å². The van der Waals surface area contributed by atoms with E-state index in [9.17, 15) is 0 Å². The van der Waals surface area contributed by atoms with Crippen molar-refractivity contribution in [3.05, 3.63) is 23.8 Å². The molecular formula is C17H26N2O2. The van der Waals surface area contributed by atoms with Gasteiger partial charge in [-0.3, -0.25) is 4.90 Å². The zero-order valence-electron chi connectivity index (χ0n) is 13.2. The first-order valence-electron chi connectivity index (χ1n) is 7.89. The molecule has 1 atom stereocenters. The van der Waals surface area contributed by atoms with Crippen molar-refractivity contribution in [2.24, 2.45) is 5.41 Å². The summed E-state index contributed by atoms with van der Waals surface area (Å²) in [6.45, 7) is 5.68. The van der Waals surface area contributed by atoms with Crippen molar-refractivity contribution >= 4 is 0 Å². The molecule has 0 saturated carbocycles. The number of rotatable bonds is 4. The van der Waals surface area contributed by atoms with Crippen LogP contribution in [0.2, 0.25) is 0 Å². The molecule has 21 heavy (non-hydrogen) atoms. The molecule has 4 heteroatoms. The number of methoxy groups -OCH3 is 2. The Morgan fingerprint density at radius 3 is 2.86 bits per heavy atom. The van der Waals surface area contributed by atoms with Crippen molar-refractivity contribution in [3.8, 4) is 11.5 Å². The standard InChI is InChI=1S/C17H26N2O2/c1-20-15-6-3-5-14(16(15)21-2)11-19-10-4-7-17(13-19)8-9-18-12-17/h3,5-6,18H,4,7-13H2,1-2H3/t17-/m1/s1. The lowest BCUT2D eigenvalue weighted by molar-refractivity contribution is 0.0970.